The van der Waals surface area contributed by atoms with Gasteiger partial charge in [0.25, 0.3) is 0 Å². The number of hydrogen-bond donors (Lipinski definition) is 1. The summed E-state index contributed by atoms with van der Waals surface area (Å²) in [5.74, 6) is 0.751. The van der Waals surface area contributed by atoms with Crippen molar-refractivity contribution < 1.29 is 19.3 Å². The van der Waals surface area contributed by atoms with Gasteiger partial charge in [-0.15, -0.1) is 0 Å². The maximum atomic E-state index is 9.52. The summed E-state index contributed by atoms with van der Waals surface area (Å²) < 4.78 is 18.3. The molecule has 0 aliphatic carbocycles. The van der Waals surface area contributed by atoms with E-state index in [0.29, 0.717) is 19.8 Å². The van der Waals surface area contributed by atoms with Crippen LogP contribution < -0.4 is 0 Å². The minimum Gasteiger partial charge on any atom is -0.498 e. The Morgan fingerprint density at radius 3 is 1.32 bits per heavy atom. The van der Waals surface area contributed by atoms with Crippen molar-refractivity contribution in [2.24, 2.45) is 10.8 Å². The van der Waals surface area contributed by atoms with Crippen LogP contribution in [-0.4, -0.2) is 31.5 Å². The van der Waals surface area contributed by atoms with Crippen LogP contribution in [0, 0.1) is 10.8 Å². The molecule has 2 aromatic carbocycles. The molecule has 2 aromatic rings. The third kappa shape index (κ3) is 9.75. The summed E-state index contributed by atoms with van der Waals surface area (Å²) in [7, 11) is 0. The molecule has 0 spiro atoms. The highest BCUT2D eigenvalue weighted by Crippen LogP contribution is 2.36. The van der Waals surface area contributed by atoms with Crippen LogP contribution in [0.2, 0.25) is 0 Å². The van der Waals surface area contributed by atoms with Gasteiger partial charge in [-0.2, -0.15) is 0 Å². The van der Waals surface area contributed by atoms with E-state index in [4.69, 9.17) is 14.2 Å². The molecule has 0 bridgehead atoms. The van der Waals surface area contributed by atoms with Crippen molar-refractivity contribution in [3.05, 3.63) is 83.1 Å². The van der Waals surface area contributed by atoms with Crippen LogP contribution in [0.4, 0.5) is 0 Å². The molecule has 0 amide bonds. The third-order valence-electron chi connectivity index (χ3n) is 8.22. The van der Waals surface area contributed by atoms with Gasteiger partial charge in [0, 0.05) is 30.7 Å². The van der Waals surface area contributed by atoms with Gasteiger partial charge in [0.05, 0.1) is 23.6 Å². The van der Waals surface area contributed by atoms with Gasteiger partial charge < -0.3 is 19.3 Å². The molecule has 1 N–H and O–H groups in total. The highest BCUT2D eigenvalue weighted by atomic mass is 16.5. The van der Waals surface area contributed by atoms with Crippen LogP contribution in [0.1, 0.15) is 111 Å². The summed E-state index contributed by atoms with van der Waals surface area (Å²) in [5.41, 5.74) is 3.82. The molecular formula is C36H56O4. The van der Waals surface area contributed by atoms with E-state index in [1.54, 1.807) is 0 Å². The van der Waals surface area contributed by atoms with E-state index in [-0.39, 0.29) is 28.5 Å². The number of hydrogen-bond acceptors (Lipinski definition) is 4. The Morgan fingerprint density at radius 1 is 0.625 bits per heavy atom. The van der Waals surface area contributed by atoms with Crippen LogP contribution in [0.25, 0.3) is 0 Å². The second-order valence-corrected chi connectivity index (χ2v) is 14.5. The number of allylic oxidation sites excluding steroid dienone is 1. The normalized spacial score (nSPS) is 13.4. The standard InChI is InChI=1S/C36H56O4/c1-27(2)38-26-33(5,6)22-24-40-36(11,12)31-19-15-29(16-20-31)34(7,8)28-13-17-30(18-14-28)35(9,10)39-23-21-32(3,4)25-37/h13-20,37H,1,21-26H2,2-12H3. The zero-order valence-electron chi connectivity index (χ0n) is 27.2. The van der Waals surface area contributed by atoms with E-state index in [9.17, 15) is 5.11 Å². The zero-order chi connectivity index (χ0) is 30.4. The van der Waals surface area contributed by atoms with Gasteiger partial charge in [-0.1, -0.05) is 96.7 Å². The second kappa shape index (κ2) is 13.2. The van der Waals surface area contributed by atoms with E-state index in [2.05, 4.69) is 124 Å². The second-order valence-electron chi connectivity index (χ2n) is 14.5. The number of benzene rings is 2. The number of aliphatic hydroxyl groups is 1. The molecule has 0 aromatic heterocycles. The minimum absolute atomic E-state index is 0.0244. The smallest absolute Gasteiger partial charge is 0.0928 e. The van der Waals surface area contributed by atoms with E-state index < -0.39 is 5.60 Å². The monoisotopic (exact) mass is 552 g/mol. The summed E-state index contributed by atoms with van der Waals surface area (Å²) >= 11 is 0. The van der Waals surface area contributed by atoms with Crippen molar-refractivity contribution in [1.82, 2.24) is 0 Å². The van der Waals surface area contributed by atoms with Gasteiger partial charge in [0.15, 0.2) is 0 Å². The first-order valence-corrected chi connectivity index (χ1v) is 14.7. The number of rotatable bonds is 16. The largest absolute Gasteiger partial charge is 0.498 e. The first kappa shape index (κ1) is 34.1. The molecule has 0 atom stereocenters. The average Bonchev–Trinajstić information content (AvgIpc) is 2.87. The quantitative estimate of drug-likeness (QED) is 0.211. The van der Waals surface area contributed by atoms with Crippen LogP contribution >= 0.6 is 0 Å². The highest BCUT2D eigenvalue weighted by molar-refractivity contribution is 5.41. The average molecular weight is 553 g/mol. The Balaban J connectivity index is 2.05. The third-order valence-corrected chi connectivity index (χ3v) is 8.22. The molecule has 0 heterocycles. The summed E-state index contributed by atoms with van der Waals surface area (Å²) in [4.78, 5) is 0. The number of aliphatic hydroxyl groups excluding tert-OH is 1. The highest BCUT2D eigenvalue weighted by Gasteiger charge is 2.28. The lowest BCUT2D eigenvalue weighted by atomic mass is 9.77. The van der Waals surface area contributed by atoms with Crippen molar-refractivity contribution in [1.29, 1.82) is 0 Å². The lowest BCUT2D eigenvalue weighted by Gasteiger charge is -2.32. The van der Waals surface area contributed by atoms with Crippen molar-refractivity contribution >= 4 is 0 Å². The fraction of sp³-hybridized carbons (Fsp3) is 0.611. The van der Waals surface area contributed by atoms with E-state index in [0.717, 1.165) is 24.2 Å². The summed E-state index contributed by atoms with van der Waals surface area (Å²) in [6.45, 7) is 29.3. The Labute approximate surface area is 245 Å². The summed E-state index contributed by atoms with van der Waals surface area (Å²) in [6.07, 6.45) is 1.73. The van der Waals surface area contributed by atoms with Gasteiger partial charge in [-0.25, -0.2) is 0 Å². The maximum absolute atomic E-state index is 9.52. The molecule has 2 rings (SSSR count). The topological polar surface area (TPSA) is 47.9 Å². The van der Waals surface area contributed by atoms with Crippen LogP contribution in [0.3, 0.4) is 0 Å². The first-order valence-electron chi connectivity index (χ1n) is 14.7. The fourth-order valence-corrected chi connectivity index (χ4v) is 4.54. The summed E-state index contributed by atoms with van der Waals surface area (Å²) in [5, 5.41) is 9.52. The molecule has 0 aliphatic heterocycles. The molecular weight excluding hydrogens is 496 g/mol. The van der Waals surface area contributed by atoms with Gasteiger partial charge in [0.1, 0.15) is 0 Å². The Hall–Kier alpha value is -2.14. The molecule has 0 aliphatic rings. The van der Waals surface area contributed by atoms with Gasteiger partial charge in [-0.3, -0.25) is 0 Å². The van der Waals surface area contributed by atoms with Gasteiger partial charge in [0.2, 0.25) is 0 Å². The zero-order valence-corrected chi connectivity index (χ0v) is 27.2. The lowest BCUT2D eigenvalue weighted by molar-refractivity contribution is -0.0392. The fourth-order valence-electron chi connectivity index (χ4n) is 4.54. The van der Waals surface area contributed by atoms with E-state index in [1.165, 1.54) is 16.7 Å². The Morgan fingerprint density at radius 2 is 0.975 bits per heavy atom. The molecule has 0 unspecified atom stereocenters. The molecule has 0 saturated heterocycles. The number of ether oxygens (including phenoxy) is 3. The lowest BCUT2D eigenvalue weighted by Crippen LogP contribution is -2.27. The van der Waals surface area contributed by atoms with E-state index in [1.807, 2.05) is 6.92 Å². The molecule has 0 fully saturated rings. The van der Waals surface area contributed by atoms with Crippen molar-refractivity contribution in [3.8, 4) is 0 Å². The minimum atomic E-state index is -0.395. The first-order chi connectivity index (χ1) is 18.3. The van der Waals surface area contributed by atoms with Gasteiger partial charge in [-0.05, 0) is 75.1 Å². The van der Waals surface area contributed by atoms with Crippen molar-refractivity contribution in [3.63, 3.8) is 0 Å². The molecule has 0 radical (unpaired) electrons. The Bertz CT molecular complexity index is 1070. The molecule has 4 nitrogen and oxygen atoms in total. The Kier molecular flexibility index (Phi) is 11.3. The van der Waals surface area contributed by atoms with Crippen molar-refractivity contribution in [2.75, 3.05) is 26.4 Å². The van der Waals surface area contributed by atoms with Crippen LogP contribution in [0.15, 0.2) is 60.9 Å². The molecule has 4 heteroatoms. The maximum Gasteiger partial charge on any atom is 0.0928 e. The predicted molar refractivity (Wildman–Crippen MR) is 168 cm³/mol. The SMILES string of the molecule is C=C(C)OCC(C)(C)CCOC(C)(C)c1ccc(C(C)(C)c2ccc(C(C)(C)OCCC(C)(C)CO)cc2)cc1. The van der Waals surface area contributed by atoms with Crippen LogP contribution in [0.5, 0.6) is 0 Å². The van der Waals surface area contributed by atoms with E-state index >= 15 is 0 Å². The molecule has 0 saturated carbocycles. The summed E-state index contributed by atoms with van der Waals surface area (Å²) in [6, 6.07) is 17.7. The molecule has 224 valence electrons. The van der Waals surface area contributed by atoms with Crippen LogP contribution in [-0.2, 0) is 30.8 Å². The predicted octanol–water partition coefficient (Wildman–Crippen LogP) is 8.89. The van der Waals surface area contributed by atoms with Crippen molar-refractivity contribution in [2.45, 2.75) is 106 Å². The molecule has 40 heavy (non-hydrogen) atoms. The van der Waals surface area contributed by atoms with Gasteiger partial charge >= 0.3 is 0 Å².